The maximum atomic E-state index is 12.5. The van der Waals surface area contributed by atoms with Gasteiger partial charge in [0.15, 0.2) is 0 Å². The van der Waals surface area contributed by atoms with Crippen LogP contribution in [0.15, 0.2) is 36.0 Å². The molecule has 0 bridgehead atoms. The Morgan fingerprint density at radius 1 is 1.22 bits per heavy atom. The Morgan fingerprint density at radius 3 is 2.33 bits per heavy atom. The fourth-order valence-corrected chi connectivity index (χ4v) is 2.46. The lowest BCUT2D eigenvalue weighted by molar-refractivity contribution is -0.137. The molecule has 1 aromatic carbocycles. The largest absolute Gasteiger partial charge is 0.416 e. The van der Waals surface area contributed by atoms with Crippen LogP contribution < -0.4 is 5.32 Å². The molecule has 1 heterocycles. The van der Waals surface area contributed by atoms with Crippen LogP contribution in [0.2, 0.25) is 0 Å². The Kier molecular flexibility index (Phi) is 3.68. The molecule has 0 aliphatic rings. The zero-order valence-corrected chi connectivity index (χ0v) is 10.3. The van der Waals surface area contributed by atoms with Gasteiger partial charge in [-0.2, -0.15) is 13.2 Å². The molecule has 1 atom stereocenters. The van der Waals surface area contributed by atoms with Crippen LogP contribution in [0, 0.1) is 0 Å². The van der Waals surface area contributed by atoms with Crippen LogP contribution in [-0.2, 0) is 6.18 Å². The van der Waals surface area contributed by atoms with Gasteiger partial charge in [-0.25, -0.2) is 0 Å². The van der Waals surface area contributed by atoms with Gasteiger partial charge in [0.1, 0.15) is 0 Å². The van der Waals surface area contributed by atoms with E-state index in [0.29, 0.717) is 0 Å². The number of benzene rings is 1. The molecule has 0 amide bonds. The van der Waals surface area contributed by atoms with Crippen molar-refractivity contribution in [1.82, 2.24) is 10.3 Å². The summed E-state index contributed by atoms with van der Waals surface area (Å²) in [5, 5.41) is 3.07. The normalized spacial score (nSPS) is 13.6. The van der Waals surface area contributed by atoms with Gasteiger partial charge in [-0.1, -0.05) is 12.1 Å². The van der Waals surface area contributed by atoms with Crippen molar-refractivity contribution in [3.63, 3.8) is 0 Å². The number of nitrogens with one attached hydrogen (secondary N) is 1. The van der Waals surface area contributed by atoms with E-state index in [1.807, 2.05) is 0 Å². The molecule has 0 saturated heterocycles. The minimum absolute atomic E-state index is 0.125. The molecule has 1 aromatic heterocycles. The van der Waals surface area contributed by atoms with Crippen molar-refractivity contribution in [3.8, 4) is 0 Å². The number of rotatable bonds is 3. The minimum atomic E-state index is -4.29. The number of hydrogen-bond acceptors (Lipinski definition) is 3. The van der Waals surface area contributed by atoms with Gasteiger partial charge in [-0.05, 0) is 24.7 Å². The molecule has 0 radical (unpaired) electrons. The standard InChI is InChI=1S/C12H11F3N2S/c1-16-11(10-6-17-7-18-10)8-2-4-9(5-3-8)12(13,14)15/h2-7,11,16H,1H3. The van der Waals surface area contributed by atoms with Gasteiger partial charge < -0.3 is 5.32 Å². The topological polar surface area (TPSA) is 24.9 Å². The van der Waals surface area contributed by atoms with Gasteiger partial charge in [0, 0.05) is 11.1 Å². The predicted molar refractivity (Wildman–Crippen MR) is 64.5 cm³/mol. The third kappa shape index (κ3) is 2.70. The Morgan fingerprint density at radius 2 is 1.89 bits per heavy atom. The van der Waals surface area contributed by atoms with Gasteiger partial charge >= 0.3 is 6.18 Å². The first-order chi connectivity index (χ1) is 8.52. The predicted octanol–water partition coefficient (Wildman–Crippen LogP) is 3.47. The molecule has 2 nitrogen and oxygen atoms in total. The number of nitrogens with zero attached hydrogens (tertiary/aromatic N) is 1. The number of thiazole rings is 1. The molecule has 96 valence electrons. The fourth-order valence-electron chi connectivity index (χ4n) is 1.71. The second-order valence-corrected chi connectivity index (χ2v) is 4.66. The van der Waals surface area contributed by atoms with Crippen LogP contribution in [-0.4, -0.2) is 12.0 Å². The van der Waals surface area contributed by atoms with Crippen molar-refractivity contribution >= 4 is 11.3 Å². The second kappa shape index (κ2) is 5.07. The lowest BCUT2D eigenvalue weighted by atomic mass is 10.0. The zero-order chi connectivity index (χ0) is 13.2. The molecule has 1 N–H and O–H groups in total. The SMILES string of the molecule is CNC(c1ccc(C(F)(F)F)cc1)c1cncs1. The first-order valence-corrected chi connectivity index (χ1v) is 6.13. The maximum absolute atomic E-state index is 12.5. The van der Waals surface area contributed by atoms with Crippen LogP contribution in [0.1, 0.15) is 22.0 Å². The summed E-state index contributed by atoms with van der Waals surface area (Å²) >= 11 is 1.46. The van der Waals surface area contributed by atoms with Crippen LogP contribution in [0.25, 0.3) is 0 Å². The zero-order valence-electron chi connectivity index (χ0n) is 9.53. The summed E-state index contributed by atoms with van der Waals surface area (Å²) in [6.07, 6.45) is -2.58. The smallest absolute Gasteiger partial charge is 0.309 e. The number of aromatic nitrogens is 1. The second-order valence-electron chi connectivity index (χ2n) is 3.75. The molecule has 0 fully saturated rings. The average Bonchev–Trinajstić information content (AvgIpc) is 2.83. The highest BCUT2D eigenvalue weighted by molar-refractivity contribution is 7.09. The molecule has 0 saturated carbocycles. The van der Waals surface area contributed by atoms with Gasteiger partial charge in [0.2, 0.25) is 0 Å². The van der Waals surface area contributed by atoms with Crippen molar-refractivity contribution in [2.45, 2.75) is 12.2 Å². The van der Waals surface area contributed by atoms with E-state index in [9.17, 15) is 13.2 Å². The first-order valence-electron chi connectivity index (χ1n) is 5.25. The van der Waals surface area contributed by atoms with Crippen molar-refractivity contribution in [2.75, 3.05) is 7.05 Å². The van der Waals surface area contributed by atoms with Crippen LogP contribution in [0.3, 0.4) is 0 Å². The molecule has 0 aliphatic heterocycles. The minimum Gasteiger partial charge on any atom is -0.309 e. The Bertz CT molecular complexity index is 491. The molecule has 0 spiro atoms. The highest BCUT2D eigenvalue weighted by Crippen LogP contribution is 2.31. The van der Waals surface area contributed by atoms with Gasteiger partial charge in [0.25, 0.3) is 0 Å². The highest BCUT2D eigenvalue weighted by Gasteiger charge is 2.30. The number of halogens is 3. The third-order valence-electron chi connectivity index (χ3n) is 2.60. The molecule has 6 heteroatoms. The number of hydrogen-bond donors (Lipinski definition) is 1. The summed E-state index contributed by atoms with van der Waals surface area (Å²) in [5.74, 6) is 0. The summed E-state index contributed by atoms with van der Waals surface area (Å²) in [7, 11) is 1.77. The van der Waals surface area contributed by atoms with Gasteiger partial charge in [-0.15, -0.1) is 11.3 Å². The van der Waals surface area contributed by atoms with E-state index < -0.39 is 11.7 Å². The van der Waals surface area contributed by atoms with Crippen LogP contribution in [0.4, 0.5) is 13.2 Å². The molecular weight excluding hydrogens is 261 g/mol. The van der Waals surface area contributed by atoms with E-state index in [2.05, 4.69) is 10.3 Å². The molecule has 2 aromatic rings. The van der Waals surface area contributed by atoms with Crippen LogP contribution in [0.5, 0.6) is 0 Å². The molecule has 18 heavy (non-hydrogen) atoms. The lowest BCUT2D eigenvalue weighted by Crippen LogP contribution is -2.16. The average molecular weight is 272 g/mol. The summed E-state index contributed by atoms with van der Waals surface area (Å²) < 4.78 is 37.4. The first kappa shape index (κ1) is 13.0. The maximum Gasteiger partial charge on any atom is 0.416 e. The van der Waals surface area contributed by atoms with E-state index in [1.165, 1.54) is 23.5 Å². The van der Waals surface area contributed by atoms with E-state index in [1.54, 1.807) is 18.8 Å². The molecule has 2 rings (SSSR count). The van der Waals surface area contributed by atoms with E-state index >= 15 is 0 Å². The summed E-state index contributed by atoms with van der Waals surface area (Å²) in [4.78, 5) is 4.94. The third-order valence-corrected chi connectivity index (χ3v) is 3.44. The summed E-state index contributed by atoms with van der Waals surface area (Å²) in [6, 6.07) is 5.05. The molecule has 1 unspecified atom stereocenters. The van der Waals surface area contributed by atoms with E-state index in [4.69, 9.17) is 0 Å². The van der Waals surface area contributed by atoms with Crippen molar-refractivity contribution in [1.29, 1.82) is 0 Å². The quantitative estimate of drug-likeness (QED) is 0.925. The lowest BCUT2D eigenvalue weighted by Gasteiger charge is -2.15. The van der Waals surface area contributed by atoms with E-state index in [-0.39, 0.29) is 6.04 Å². The van der Waals surface area contributed by atoms with Crippen molar-refractivity contribution in [2.24, 2.45) is 0 Å². The fraction of sp³-hybridized carbons (Fsp3) is 0.250. The van der Waals surface area contributed by atoms with Gasteiger partial charge in [0.05, 0.1) is 17.1 Å². The molecule has 0 aliphatic carbocycles. The monoisotopic (exact) mass is 272 g/mol. The van der Waals surface area contributed by atoms with E-state index in [0.717, 1.165) is 22.6 Å². The summed E-state index contributed by atoms with van der Waals surface area (Å²) in [6.45, 7) is 0. The Balaban J connectivity index is 2.28. The van der Waals surface area contributed by atoms with Crippen molar-refractivity contribution in [3.05, 3.63) is 52.0 Å². The Hall–Kier alpha value is -1.40. The summed E-state index contributed by atoms with van der Waals surface area (Å²) in [5.41, 5.74) is 1.85. The number of alkyl halides is 3. The Labute approximate surface area is 106 Å². The van der Waals surface area contributed by atoms with Crippen molar-refractivity contribution < 1.29 is 13.2 Å². The molecular formula is C12H11F3N2S. The van der Waals surface area contributed by atoms with Crippen LogP contribution >= 0.6 is 11.3 Å². The highest BCUT2D eigenvalue weighted by atomic mass is 32.1. The van der Waals surface area contributed by atoms with Gasteiger partial charge in [-0.3, -0.25) is 4.98 Å².